The van der Waals surface area contributed by atoms with Gasteiger partial charge < -0.3 is 14.6 Å². The predicted octanol–water partition coefficient (Wildman–Crippen LogP) is 7.39. The quantitative estimate of drug-likeness (QED) is 0.0627. The molecule has 3 rings (SSSR count). The number of benzene rings is 3. The Kier molecular flexibility index (Phi) is 15.9. The molecule has 0 amide bonds. The van der Waals surface area contributed by atoms with E-state index in [1.807, 2.05) is 60.7 Å². The summed E-state index contributed by atoms with van der Waals surface area (Å²) in [6.45, 7) is 3.03. The van der Waals surface area contributed by atoms with Crippen LogP contribution in [0.25, 0.3) is 0 Å². The van der Waals surface area contributed by atoms with E-state index in [0.717, 1.165) is 11.1 Å². The van der Waals surface area contributed by atoms with Crippen LogP contribution in [0.15, 0.2) is 78.9 Å². The normalized spacial score (nSPS) is 12.0. The Morgan fingerprint density at radius 3 is 2.17 bits per heavy atom. The Bertz CT molecular complexity index is 1620. The lowest BCUT2D eigenvalue weighted by molar-refractivity contribution is -0.385. The van der Waals surface area contributed by atoms with Crippen molar-refractivity contribution in [2.24, 2.45) is 0 Å². The second-order valence-corrected chi connectivity index (χ2v) is 13.7. The maximum absolute atomic E-state index is 12.3. The monoisotopic (exact) mass is 694 g/mol. The Hall–Kier alpha value is -4.27. The molecular formula is C33H30N2O7S4. The topological polar surface area (TPSA) is 140 Å². The van der Waals surface area contributed by atoms with Gasteiger partial charge in [-0.25, -0.2) is 0 Å². The van der Waals surface area contributed by atoms with Crippen LogP contribution in [0.5, 0.6) is 5.75 Å². The van der Waals surface area contributed by atoms with E-state index in [9.17, 15) is 25.0 Å². The van der Waals surface area contributed by atoms with Crippen LogP contribution in [0, 0.1) is 33.8 Å². The zero-order valence-corrected chi connectivity index (χ0v) is 28.2. The number of carboxylic acid groups (broad SMARTS) is 1. The van der Waals surface area contributed by atoms with Crippen LogP contribution in [0.4, 0.5) is 5.69 Å². The molecule has 2 unspecified atom stereocenters. The van der Waals surface area contributed by atoms with Crippen molar-refractivity contribution in [3.63, 3.8) is 0 Å². The molecule has 0 aliphatic heterocycles. The summed E-state index contributed by atoms with van der Waals surface area (Å²) in [7, 11) is 0. The van der Waals surface area contributed by atoms with Gasteiger partial charge in [0, 0.05) is 12.5 Å². The standard InChI is InChI=1S/C23H20N2O5S2.C10H10O2S2/c1-3-13-29-19-9-10-20(25(27)28)18(14-19)15-30-21(26)11-12-23(2,16-24)32-22(31)17-7-5-4-6-8-17;1-7(9(11)12)14-10(13)8-5-3-2-4-6-8/h1,4-10,14H,11-13,15H2,2H3;2-7H,1H3,(H,11,12). The number of hydrogen-bond acceptors (Lipinski definition) is 11. The minimum Gasteiger partial charge on any atom is -0.481 e. The lowest BCUT2D eigenvalue weighted by Gasteiger charge is -2.21. The van der Waals surface area contributed by atoms with Crippen molar-refractivity contribution in [3.8, 4) is 24.2 Å². The van der Waals surface area contributed by atoms with Crippen LogP contribution in [0.2, 0.25) is 0 Å². The van der Waals surface area contributed by atoms with Gasteiger partial charge in [0.25, 0.3) is 5.69 Å². The lowest BCUT2D eigenvalue weighted by atomic mass is 10.1. The van der Waals surface area contributed by atoms with Crippen LogP contribution in [0.1, 0.15) is 43.4 Å². The van der Waals surface area contributed by atoms with Crippen LogP contribution < -0.4 is 4.74 Å². The number of thiocarbonyl (C=S) groups is 2. The number of nitrogens with zero attached hydrogens (tertiary/aromatic N) is 2. The highest BCUT2D eigenvalue weighted by molar-refractivity contribution is 8.25. The summed E-state index contributed by atoms with van der Waals surface area (Å²) in [4.78, 5) is 33.5. The first-order valence-electron chi connectivity index (χ1n) is 13.6. The van der Waals surface area contributed by atoms with E-state index in [1.165, 1.54) is 41.7 Å². The van der Waals surface area contributed by atoms with E-state index in [2.05, 4.69) is 12.0 Å². The van der Waals surface area contributed by atoms with Crippen LogP contribution in [0.3, 0.4) is 0 Å². The Labute approximate surface area is 286 Å². The molecule has 3 aromatic rings. The highest BCUT2D eigenvalue weighted by Crippen LogP contribution is 2.33. The molecule has 0 aromatic heterocycles. The second kappa shape index (κ2) is 19.3. The molecule has 1 N–H and O–H groups in total. The van der Waals surface area contributed by atoms with Gasteiger partial charge in [0.15, 0.2) is 0 Å². The number of ether oxygens (including phenoxy) is 2. The minimum atomic E-state index is -0.930. The molecule has 2 atom stereocenters. The number of hydrogen-bond donors (Lipinski definition) is 1. The van der Waals surface area contributed by atoms with Gasteiger partial charge in [0.05, 0.1) is 24.9 Å². The molecule has 0 radical (unpaired) electrons. The average molecular weight is 695 g/mol. The van der Waals surface area contributed by atoms with E-state index in [1.54, 1.807) is 13.8 Å². The van der Waals surface area contributed by atoms with E-state index in [-0.39, 0.29) is 37.3 Å². The molecule has 0 saturated carbocycles. The first-order chi connectivity index (χ1) is 21.9. The van der Waals surface area contributed by atoms with E-state index in [0.29, 0.717) is 14.1 Å². The summed E-state index contributed by atoms with van der Waals surface area (Å²) in [5, 5.41) is 29.1. The number of rotatable bonds is 13. The third-order valence-corrected chi connectivity index (χ3v) is 9.15. The zero-order valence-electron chi connectivity index (χ0n) is 24.9. The smallest absolute Gasteiger partial charge is 0.316 e. The van der Waals surface area contributed by atoms with Crippen molar-refractivity contribution in [3.05, 3.63) is 106 Å². The number of nitro benzene ring substituents is 1. The molecule has 9 nitrogen and oxygen atoms in total. The van der Waals surface area contributed by atoms with E-state index < -0.39 is 26.9 Å². The number of carbonyl (C=O) groups excluding carboxylic acids is 1. The molecule has 0 fully saturated rings. The fourth-order valence-electron chi connectivity index (χ4n) is 3.46. The average Bonchev–Trinajstić information content (AvgIpc) is 3.06. The Balaban J connectivity index is 0.000000438. The third kappa shape index (κ3) is 13.0. The number of carboxylic acids is 1. The summed E-state index contributed by atoms with van der Waals surface area (Å²) in [5.41, 5.74) is 1.72. The fourth-order valence-corrected chi connectivity index (χ4v) is 6.33. The maximum Gasteiger partial charge on any atom is 0.316 e. The van der Waals surface area contributed by atoms with Crippen molar-refractivity contribution < 1.29 is 29.1 Å². The molecular weight excluding hydrogens is 665 g/mol. The number of carbonyl (C=O) groups is 2. The minimum absolute atomic E-state index is 0.00624. The van der Waals surface area contributed by atoms with E-state index >= 15 is 0 Å². The summed E-state index contributed by atoms with van der Waals surface area (Å²) in [6.07, 6.45) is 5.30. The van der Waals surface area contributed by atoms with Gasteiger partial charge in [-0.1, -0.05) is 115 Å². The molecule has 0 aliphatic carbocycles. The molecule has 13 heteroatoms. The Morgan fingerprint density at radius 2 is 1.65 bits per heavy atom. The van der Waals surface area contributed by atoms with Gasteiger partial charge in [-0.2, -0.15) is 5.26 Å². The van der Waals surface area contributed by atoms with Crippen molar-refractivity contribution in [1.29, 1.82) is 5.26 Å². The molecule has 0 bridgehead atoms. The van der Waals surface area contributed by atoms with Gasteiger partial charge >= 0.3 is 11.9 Å². The molecule has 0 saturated heterocycles. The number of esters is 1. The molecule has 238 valence electrons. The number of aliphatic carboxylic acids is 1. The van der Waals surface area contributed by atoms with Gasteiger partial charge in [-0.3, -0.25) is 19.7 Å². The first-order valence-corrected chi connectivity index (χ1v) is 16.1. The Morgan fingerprint density at radius 1 is 1.07 bits per heavy atom. The number of nitriles is 1. The molecule has 0 spiro atoms. The fraction of sp³-hybridized carbons (Fsp3) is 0.242. The van der Waals surface area contributed by atoms with Crippen molar-refractivity contribution in [1.82, 2.24) is 0 Å². The van der Waals surface area contributed by atoms with Crippen molar-refractivity contribution in [2.45, 2.75) is 43.3 Å². The number of nitro groups is 1. The number of terminal acetylenes is 1. The summed E-state index contributed by atoms with van der Waals surface area (Å²) in [5.74, 6) is 1.22. The highest BCUT2D eigenvalue weighted by Gasteiger charge is 2.28. The summed E-state index contributed by atoms with van der Waals surface area (Å²) < 4.78 is 10.7. The zero-order chi connectivity index (χ0) is 34.1. The van der Waals surface area contributed by atoms with Gasteiger partial charge in [0.2, 0.25) is 0 Å². The first kappa shape index (κ1) is 37.9. The molecule has 46 heavy (non-hydrogen) atoms. The third-order valence-electron chi connectivity index (χ3n) is 5.97. The largest absolute Gasteiger partial charge is 0.481 e. The lowest BCUT2D eigenvalue weighted by Crippen LogP contribution is -2.22. The highest BCUT2D eigenvalue weighted by atomic mass is 32.2. The molecule has 0 aliphatic rings. The van der Waals surface area contributed by atoms with Crippen LogP contribution >= 0.6 is 48.0 Å². The summed E-state index contributed by atoms with van der Waals surface area (Å²) >= 11 is 12.9. The summed E-state index contributed by atoms with van der Waals surface area (Å²) in [6, 6.07) is 25.0. The second-order valence-electron chi connectivity index (χ2n) is 9.55. The van der Waals surface area contributed by atoms with Gasteiger partial charge in [0.1, 0.15) is 29.0 Å². The van der Waals surface area contributed by atoms with Crippen molar-refractivity contribution in [2.75, 3.05) is 6.61 Å². The van der Waals surface area contributed by atoms with Crippen molar-refractivity contribution >= 4 is 74.0 Å². The molecule has 0 heterocycles. The molecule has 3 aromatic carbocycles. The van der Waals surface area contributed by atoms with E-state index in [4.69, 9.17) is 45.4 Å². The number of thioether (sulfide) groups is 2. The maximum atomic E-state index is 12.3. The van der Waals surface area contributed by atoms with Crippen LogP contribution in [-0.4, -0.2) is 47.0 Å². The van der Waals surface area contributed by atoms with Gasteiger partial charge in [-0.05, 0) is 43.5 Å². The van der Waals surface area contributed by atoms with Crippen LogP contribution in [-0.2, 0) is 20.9 Å². The van der Waals surface area contributed by atoms with Gasteiger partial charge in [-0.15, -0.1) is 6.42 Å². The SMILES string of the molecule is C#CCOc1ccc([N+](=O)[O-])c(COC(=O)CCC(C)(C#N)SC(=S)c2ccccc2)c1.CC(SC(=S)c1ccccc1)C(=O)O. The predicted molar refractivity (Wildman–Crippen MR) is 189 cm³/mol.